The Morgan fingerprint density at radius 2 is 2.11 bits per heavy atom. The normalized spacial score (nSPS) is 10.8. The molecule has 0 unspecified atom stereocenters. The van der Waals surface area contributed by atoms with Crippen LogP contribution in [0.5, 0.6) is 5.88 Å². The predicted octanol–water partition coefficient (Wildman–Crippen LogP) is 2.61. The van der Waals surface area contributed by atoms with Crippen molar-refractivity contribution in [3.05, 3.63) is 11.9 Å². The van der Waals surface area contributed by atoms with Crippen molar-refractivity contribution in [3.8, 4) is 18.2 Å². The molecule has 0 spiro atoms. The van der Waals surface area contributed by atoms with E-state index in [0.717, 1.165) is 18.2 Å². The van der Waals surface area contributed by atoms with E-state index in [1.165, 1.54) is 0 Å². The molecule has 4 heteroatoms. The van der Waals surface area contributed by atoms with Gasteiger partial charge in [-0.05, 0) is 6.92 Å². The first-order chi connectivity index (χ1) is 8.47. The van der Waals surface area contributed by atoms with Crippen LogP contribution in [0.15, 0.2) is 6.07 Å². The average molecular weight is 247 g/mol. The van der Waals surface area contributed by atoms with E-state index in [1.54, 1.807) is 6.07 Å². The summed E-state index contributed by atoms with van der Waals surface area (Å²) in [5, 5.41) is 3.18. The number of rotatable bonds is 5. The number of ether oxygens (including phenoxy) is 1. The van der Waals surface area contributed by atoms with Gasteiger partial charge < -0.3 is 10.1 Å². The zero-order chi connectivity index (χ0) is 13.6. The van der Waals surface area contributed by atoms with Gasteiger partial charge in [0.2, 0.25) is 5.88 Å². The molecule has 18 heavy (non-hydrogen) atoms. The van der Waals surface area contributed by atoms with Gasteiger partial charge in [0.15, 0.2) is 0 Å². The summed E-state index contributed by atoms with van der Waals surface area (Å²) in [6.45, 7) is 9.53. The predicted molar refractivity (Wildman–Crippen MR) is 73.8 cm³/mol. The van der Waals surface area contributed by atoms with Crippen molar-refractivity contribution < 1.29 is 4.74 Å². The minimum absolute atomic E-state index is 0.115. The van der Waals surface area contributed by atoms with E-state index >= 15 is 0 Å². The molecule has 0 amide bonds. The second-order valence-corrected chi connectivity index (χ2v) is 5.00. The molecule has 1 aromatic heterocycles. The Labute approximate surface area is 109 Å². The summed E-state index contributed by atoms with van der Waals surface area (Å²) in [5.74, 6) is 4.66. The lowest BCUT2D eigenvalue weighted by atomic mass is 9.96. The van der Waals surface area contributed by atoms with Crippen LogP contribution in [0.3, 0.4) is 0 Å². The molecule has 0 aliphatic rings. The van der Waals surface area contributed by atoms with Crippen molar-refractivity contribution in [2.24, 2.45) is 0 Å². The van der Waals surface area contributed by atoms with Crippen LogP contribution in [0.1, 0.15) is 39.9 Å². The number of terminal acetylenes is 1. The smallest absolute Gasteiger partial charge is 0.218 e. The van der Waals surface area contributed by atoms with Crippen molar-refractivity contribution in [2.45, 2.75) is 39.5 Å². The molecule has 0 fully saturated rings. The highest BCUT2D eigenvalue weighted by molar-refractivity contribution is 5.39. The Kier molecular flexibility index (Phi) is 4.96. The fraction of sp³-hybridized carbons (Fsp3) is 0.571. The van der Waals surface area contributed by atoms with Crippen LogP contribution in [0, 0.1) is 12.3 Å². The molecule has 0 aliphatic heterocycles. The van der Waals surface area contributed by atoms with Gasteiger partial charge in [-0.25, -0.2) is 4.98 Å². The summed E-state index contributed by atoms with van der Waals surface area (Å²) in [7, 11) is 0. The fourth-order valence-electron chi connectivity index (χ4n) is 1.32. The minimum atomic E-state index is -0.115. The topological polar surface area (TPSA) is 47.0 Å². The molecule has 98 valence electrons. The van der Waals surface area contributed by atoms with E-state index in [1.807, 2.05) is 6.92 Å². The number of aromatic nitrogens is 2. The molecule has 0 atom stereocenters. The first-order valence-corrected chi connectivity index (χ1v) is 6.17. The van der Waals surface area contributed by atoms with Crippen LogP contribution in [-0.4, -0.2) is 23.1 Å². The van der Waals surface area contributed by atoms with Crippen molar-refractivity contribution in [3.63, 3.8) is 0 Å². The quantitative estimate of drug-likeness (QED) is 0.642. The maximum absolute atomic E-state index is 5.54. The van der Waals surface area contributed by atoms with Crippen LogP contribution in [0.2, 0.25) is 0 Å². The summed E-state index contributed by atoms with van der Waals surface area (Å²) in [6.07, 6.45) is 5.77. The highest BCUT2D eigenvalue weighted by atomic mass is 16.5. The molecule has 1 heterocycles. The second kappa shape index (κ2) is 6.25. The molecular weight excluding hydrogens is 226 g/mol. The van der Waals surface area contributed by atoms with Gasteiger partial charge in [-0.3, -0.25) is 0 Å². The third-order valence-corrected chi connectivity index (χ3v) is 2.23. The Hall–Kier alpha value is -1.76. The van der Waals surface area contributed by atoms with Crippen LogP contribution in [0.25, 0.3) is 0 Å². The largest absolute Gasteiger partial charge is 0.477 e. The molecule has 0 aromatic carbocycles. The highest BCUT2D eigenvalue weighted by Gasteiger charge is 2.19. The first kappa shape index (κ1) is 14.3. The van der Waals surface area contributed by atoms with Crippen LogP contribution < -0.4 is 10.1 Å². The summed E-state index contributed by atoms with van der Waals surface area (Å²) >= 11 is 0. The van der Waals surface area contributed by atoms with Crippen molar-refractivity contribution >= 4 is 5.82 Å². The molecule has 0 radical (unpaired) electrons. The zero-order valence-electron chi connectivity index (χ0n) is 11.6. The Morgan fingerprint density at radius 1 is 1.39 bits per heavy atom. The van der Waals surface area contributed by atoms with Gasteiger partial charge in [0.1, 0.15) is 18.2 Å². The molecule has 0 saturated carbocycles. The number of anilines is 1. The Bertz CT molecular complexity index is 430. The van der Waals surface area contributed by atoms with Gasteiger partial charge in [-0.1, -0.05) is 20.8 Å². The zero-order valence-corrected chi connectivity index (χ0v) is 11.6. The lowest BCUT2D eigenvalue weighted by molar-refractivity contribution is 0.310. The fourth-order valence-corrected chi connectivity index (χ4v) is 1.32. The van der Waals surface area contributed by atoms with E-state index in [2.05, 4.69) is 42.0 Å². The molecule has 1 rings (SSSR count). The number of nitrogens with one attached hydrogen (secondary N) is 1. The Morgan fingerprint density at radius 3 is 2.67 bits per heavy atom. The third kappa shape index (κ3) is 4.25. The molecule has 0 aliphatic carbocycles. The van der Waals surface area contributed by atoms with Crippen LogP contribution in [0.4, 0.5) is 5.82 Å². The van der Waals surface area contributed by atoms with E-state index in [4.69, 9.17) is 11.2 Å². The summed E-state index contributed by atoms with van der Waals surface area (Å²) < 4.78 is 5.54. The average Bonchev–Trinajstić information content (AvgIpc) is 2.28. The third-order valence-electron chi connectivity index (χ3n) is 2.23. The van der Waals surface area contributed by atoms with Crippen molar-refractivity contribution in [2.75, 3.05) is 18.5 Å². The molecule has 1 aromatic rings. The van der Waals surface area contributed by atoms with Gasteiger partial charge in [0, 0.05) is 24.4 Å². The summed E-state index contributed by atoms with van der Waals surface area (Å²) in [5.41, 5.74) is -0.115. The lowest BCUT2D eigenvalue weighted by Crippen LogP contribution is -2.18. The lowest BCUT2D eigenvalue weighted by Gasteiger charge is -2.18. The van der Waals surface area contributed by atoms with E-state index in [9.17, 15) is 0 Å². The van der Waals surface area contributed by atoms with E-state index < -0.39 is 0 Å². The minimum Gasteiger partial charge on any atom is -0.477 e. The van der Waals surface area contributed by atoms with Gasteiger partial charge in [-0.15, -0.1) is 12.3 Å². The van der Waals surface area contributed by atoms with Gasteiger partial charge in [-0.2, -0.15) is 4.98 Å². The SMILES string of the molecule is C#CCCOc1cc(NCC)nc(C(C)(C)C)n1. The number of hydrogen-bond acceptors (Lipinski definition) is 4. The van der Waals surface area contributed by atoms with Crippen LogP contribution >= 0.6 is 0 Å². The molecule has 1 N–H and O–H groups in total. The molecular formula is C14H21N3O. The summed E-state index contributed by atoms with van der Waals surface area (Å²) in [4.78, 5) is 8.90. The van der Waals surface area contributed by atoms with Gasteiger partial charge in [0.25, 0.3) is 0 Å². The first-order valence-electron chi connectivity index (χ1n) is 6.17. The van der Waals surface area contributed by atoms with E-state index in [0.29, 0.717) is 18.9 Å². The molecule has 0 saturated heterocycles. The number of hydrogen-bond donors (Lipinski definition) is 1. The highest BCUT2D eigenvalue weighted by Crippen LogP contribution is 2.23. The summed E-state index contributed by atoms with van der Waals surface area (Å²) in [6, 6.07) is 1.80. The molecule has 0 bridgehead atoms. The van der Waals surface area contributed by atoms with Crippen LogP contribution in [-0.2, 0) is 5.41 Å². The van der Waals surface area contributed by atoms with Gasteiger partial charge >= 0.3 is 0 Å². The monoisotopic (exact) mass is 247 g/mol. The van der Waals surface area contributed by atoms with Crippen molar-refractivity contribution in [1.82, 2.24) is 9.97 Å². The maximum atomic E-state index is 5.54. The second-order valence-electron chi connectivity index (χ2n) is 5.00. The van der Waals surface area contributed by atoms with Crippen molar-refractivity contribution in [1.29, 1.82) is 0 Å². The Balaban J connectivity index is 2.95. The standard InChI is InChI=1S/C14H21N3O/c1-6-8-9-18-12-10-11(15-7-2)16-13(17-12)14(3,4)5/h1,10H,7-9H2,2-5H3,(H,15,16,17). The maximum Gasteiger partial charge on any atom is 0.218 e. The number of nitrogens with zero attached hydrogens (tertiary/aromatic N) is 2. The van der Waals surface area contributed by atoms with Gasteiger partial charge in [0.05, 0.1) is 0 Å². The molecule has 4 nitrogen and oxygen atoms in total. The van der Waals surface area contributed by atoms with E-state index in [-0.39, 0.29) is 5.41 Å².